The average Bonchev–Trinajstić information content (AvgIpc) is 3.34. The van der Waals surface area contributed by atoms with Crippen LogP contribution in [0, 0.1) is 25.5 Å². The number of alkyl halides is 1. The average molecular weight is 497 g/mol. The van der Waals surface area contributed by atoms with Gasteiger partial charge in [0.2, 0.25) is 0 Å². The number of fused-ring (bicyclic) bond motifs is 1. The largest absolute Gasteiger partial charge is 0.373 e. The van der Waals surface area contributed by atoms with Gasteiger partial charge in [0.1, 0.15) is 35.3 Å². The Morgan fingerprint density at radius 3 is 2.56 bits per heavy atom. The van der Waals surface area contributed by atoms with E-state index in [2.05, 4.69) is 25.0 Å². The summed E-state index contributed by atoms with van der Waals surface area (Å²) in [6.45, 7) is 4.48. The maximum atomic E-state index is 13.9. The molecule has 0 spiro atoms. The molecule has 0 amide bonds. The quantitative estimate of drug-likeness (QED) is 0.358. The zero-order valence-corrected chi connectivity index (χ0v) is 20.2. The highest BCUT2D eigenvalue weighted by Crippen LogP contribution is 2.35. The summed E-state index contributed by atoms with van der Waals surface area (Å²) in [5, 5.41) is 4.32. The first-order valence-corrected chi connectivity index (χ1v) is 12.1. The van der Waals surface area contributed by atoms with Gasteiger partial charge in [0.15, 0.2) is 5.65 Å². The number of aryl methyl sites for hydroxylation is 2. The van der Waals surface area contributed by atoms with Crippen LogP contribution in [-0.2, 0) is 4.74 Å². The van der Waals surface area contributed by atoms with Gasteiger partial charge in [-0.1, -0.05) is 0 Å². The molecule has 188 valence electrons. The second-order valence-electron chi connectivity index (χ2n) is 9.24. The molecular weight excluding hydrogens is 469 g/mol. The van der Waals surface area contributed by atoms with Crippen molar-refractivity contribution in [1.82, 2.24) is 29.7 Å². The molecule has 1 atom stereocenters. The van der Waals surface area contributed by atoms with Crippen LogP contribution in [0.1, 0.15) is 61.2 Å². The van der Waals surface area contributed by atoms with E-state index in [0.29, 0.717) is 29.7 Å². The first kappa shape index (κ1) is 24.3. The zero-order valence-electron chi connectivity index (χ0n) is 20.2. The molecule has 10 heteroatoms. The number of hydrogen-bond donors (Lipinski definition) is 0. The SMILES string of the molecule is Cc1nc2ncnc(-c3ccc(F)cc3F)c2nc1C.FC1CC(n2cc(C3CCCCO3)cn2)C1. The van der Waals surface area contributed by atoms with Gasteiger partial charge in [-0.05, 0) is 45.2 Å². The Kier molecular flexibility index (Phi) is 6.95. The van der Waals surface area contributed by atoms with Crippen LogP contribution in [0.3, 0.4) is 0 Å². The van der Waals surface area contributed by atoms with Crippen molar-refractivity contribution in [2.45, 2.75) is 64.3 Å². The van der Waals surface area contributed by atoms with Crippen molar-refractivity contribution in [3.63, 3.8) is 0 Å². The highest BCUT2D eigenvalue weighted by atomic mass is 19.1. The molecule has 1 aliphatic carbocycles. The number of halogens is 3. The van der Waals surface area contributed by atoms with Gasteiger partial charge in [0, 0.05) is 42.8 Å². The molecule has 1 unspecified atom stereocenters. The van der Waals surface area contributed by atoms with Crippen molar-refractivity contribution in [2.75, 3.05) is 6.61 Å². The smallest absolute Gasteiger partial charge is 0.182 e. The van der Waals surface area contributed by atoms with Crippen LogP contribution in [0.2, 0.25) is 0 Å². The fraction of sp³-hybridized carbons (Fsp3) is 0.423. The van der Waals surface area contributed by atoms with Gasteiger partial charge in [0.25, 0.3) is 0 Å². The zero-order chi connectivity index (χ0) is 25.2. The van der Waals surface area contributed by atoms with Crippen LogP contribution in [0.5, 0.6) is 0 Å². The van der Waals surface area contributed by atoms with Gasteiger partial charge in [-0.15, -0.1) is 0 Å². The summed E-state index contributed by atoms with van der Waals surface area (Å²) in [6.07, 6.45) is 9.51. The van der Waals surface area contributed by atoms with Crippen LogP contribution in [-0.4, -0.2) is 42.5 Å². The van der Waals surface area contributed by atoms with Crippen LogP contribution in [0.15, 0.2) is 36.9 Å². The van der Waals surface area contributed by atoms with E-state index in [-0.39, 0.29) is 17.7 Å². The number of nitrogens with zero attached hydrogens (tertiary/aromatic N) is 6. The Bertz CT molecular complexity index is 1370. The summed E-state index contributed by atoms with van der Waals surface area (Å²) in [6, 6.07) is 3.61. The van der Waals surface area contributed by atoms with Gasteiger partial charge >= 0.3 is 0 Å². The van der Waals surface area contributed by atoms with Crippen LogP contribution in [0.4, 0.5) is 13.2 Å². The highest BCUT2D eigenvalue weighted by molar-refractivity contribution is 5.86. The summed E-state index contributed by atoms with van der Waals surface area (Å²) < 4.78 is 47.2. The first-order valence-electron chi connectivity index (χ1n) is 12.1. The predicted octanol–water partition coefficient (Wildman–Crippen LogP) is 5.78. The van der Waals surface area contributed by atoms with E-state index >= 15 is 0 Å². The van der Waals surface area contributed by atoms with E-state index in [1.54, 1.807) is 6.92 Å². The van der Waals surface area contributed by atoms with Gasteiger partial charge < -0.3 is 4.74 Å². The molecule has 36 heavy (non-hydrogen) atoms. The molecule has 4 aromatic rings. The van der Waals surface area contributed by atoms with Crippen molar-refractivity contribution in [1.29, 1.82) is 0 Å². The van der Waals surface area contributed by atoms with E-state index in [9.17, 15) is 13.2 Å². The van der Waals surface area contributed by atoms with E-state index in [4.69, 9.17) is 4.74 Å². The monoisotopic (exact) mass is 496 g/mol. The lowest BCUT2D eigenvalue weighted by molar-refractivity contribution is 0.0148. The molecule has 1 aliphatic heterocycles. The summed E-state index contributed by atoms with van der Waals surface area (Å²) in [5.41, 5.74) is 3.90. The Morgan fingerprint density at radius 1 is 1.03 bits per heavy atom. The third-order valence-corrected chi connectivity index (χ3v) is 6.67. The van der Waals surface area contributed by atoms with Gasteiger partial charge in [-0.25, -0.2) is 33.1 Å². The molecule has 0 radical (unpaired) electrons. The van der Waals surface area contributed by atoms with Crippen molar-refractivity contribution in [3.8, 4) is 11.3 Å². The van der Waals surface area contributed by atoms with Crippen molar-refractivity contribution in [3.05, 3.63) is 65.5 Å². The maximum absolute atomic E-state index is 13.9. The third-order valence-electron chi connectivity index (χ3n) is 6.67. The van der Waals surface area contributed by atoms with Crippen LogP contribution >= 0.6 is 0 Å². The summed E-state index contributed by atoms with van der Waals surface area (Å²) >= 11 is 0. The molecular formula is C26H27F3N6O. The third kappa shape index (κ3) is 5.09. The second kappa shape index (κ2) is 10.3. The van der Waals surface area contributed by atoms with E-state index < -0.39 is 17.8 Å². The van der Waals surface area contributed by atoms with Crippen molar-refractivity contribution >= 4 is 11.2 Å². The minimum absolute atomic E-state index is 0.177. The summed E-state index contributed by atoms with van der Waals surface area (Å²) in [4.78, 5) is 16.8. The van der Waals surface area contributed by atoms with Crippen molar-refractivity contribution < 1.29 is 17.9 Å². The highest BCUT2D eigenvalue weighted by Gasteiger charge is 2.31. The Hall–Kier alpha value is -3.40. The number of ether oxygens (including phenoxy) is 1. The van der Waals surface area contributed by atoms with Gasteiger partial charge in [-0.2, -0.15) is 5.10 Å². The van der Waals surface area contributed by atoms with E-state index in [0.717, 1.165) is 42.5 Å². The molecule has 4 heterocycles. The minimum Gasteiger partial charge on any atom is -0.373 e. The number of aromatic nitrogens is 6. The van der Waals surface area contributed by atoms with E-state index in [1.807, 2.05) is 24.0 Å². The molecule has 0 bridgehead atoms. The molecule has 7 nitrogen and oxygen atoms in total. The first-order chi connectivity index (χ1) is 17.4. The lowest BCUT2D eigenvalue weighted by Gasteiger charge is -2.29. The molecule has 3 aromatic heterocycles. The minimum atomic E-state index is -0.690. The number of hydrogen-bond acceptors (Lipinski definition) is 6. The Labute approximate surface area is 206 Å². The standard InChI is InChI=1S/C14H10F2N4.C12H17FN2O/c1-7-8(2)20-14-13(19-7)12(17-6-18-14)10-4-3-9(15)5-11(10)16;13-10-5-11(6-10)15-8-9(7-14-15)12-3-1-2-4-16-12/h3-6H,1-2H3;7-8,10-12H,1-6H2. The molecule has 1 aromatic carbocycles. The fourth-order valence-corrected chi connectivity index (χ4v) is 4.38. The maximum Gasteiger partial charge on any atom is 0.182 e. The molecule has 2 aliphatic rings. The second-order valence-corrected chi connectivity index (χ2v) is 9.24. The molecule has 0 N–H and O–H groups in total. The molecule has 2 fully saturated rings. The number of benzene rings is 1. The summed E-state index contributed by atoms with van der Waals surface area (Å²) in [7, 11) is 0. The topological polar surface area (TPSA) is 78.6 Å². The lowest BCUT2D eigenvalue weighted by Crippen LogP contribution is -2.28. The fourth-order valence-electron chi connectivity index (χ4n) is 4.38. The van der Waals surface area contributed by atoms with E-state index in [1.165, 1.54) is 24.9 Å². The molecule has 6 rings (SSSR count). The van der Waals surface area contributed by atoms with Crippen LogP contribution in [0.25, 0.3) is 22.4 Å². The normalized spacial score (nSPS) is 21.5. The van der Waals surface area contributed by atoms with Gasteiger partial charge in [-0.3, -0.25) is 4.68 Å². The lowest BCUT2D eigenvalue weighted by atomic mass is 9.91. The number of rotatable bonds is 3. The van der Waals surface area contributed by atoms with Crippen molar-refractivity contribution in [2.24, 2.45) is 0 Å². The Balaban J connectivity index is 0.000000152. The molecule has 1 saturated carbocycles. The predicted molar refractivity (Wildman–Crippen MR) is 128 cm³/mol. The Morgan fingerprint density at radius 2 is 1.83 bits per heavy atom. The van der Waals surface area contributed by atoms with Crippen LogP contribution < -0.4 is 0 Å². The molecule has 1 saturated heterocycles. The summed E-state index contributed by atoms with van der Waals surface area (Å²) in [5.74, 6) is -1.33. The van der Waals surface area contributed by atoms with Gasteiger partial charge in [0.05, 0.1) is 29.7 Å².